The van der Waals surface area contributed by atoms with E-state index in [0.29, 0.717) is 12.6 Å². The van der Waals surface area contributed by atoms with E-state index >= 15 is 0 Å². The number of hydrogen-bond acceptors (Lipinski definition) is 3. The highest BCUT2D eigenvalue weighted by Gasteiger charge is 2.24. The molecule has 0 aromatic rings. The van der Waals surface area contributed by atoms with Crippen LogP contribution in [0, 0.1) is 0 Å². The van der Waals surface area contributed by atoms with Crippen molar-refractivity contribution in [3.8, 4) is 0 Å². The number of aliphatic hydroxyl groups excluding tert-OH is 1. The summed E-state index contributed by atoms with van der Waals surface area (Å²) in [6, 6.07) is 0.338. The molecule has 0 spiro atoms. The molecule has 1 rings (SSSR count). The number of hydrogen-bond donors (Lipinski definition) is 2. The SMILES string of the molecule is CN[C@H](C)[C@@H]1C[C@H](O)CCO1. The highest BCUT2D eigenvalue weighted by molar-refractivity contribution is 4.78. The van der Waals surface area contributed by atoms with Crippen LogP contribution in [-0.2, 0) is 4.74 Å². The molecule has 66 valence electrons. The summed E-state index contributed by atoms with van der Waals surface area (Å²) in [5.74, 6) is 0. The van der Waals surface area contributed by atoms with E-state index in [4.69, 9.17) is 4.74 Å². The van der Waals surface area contributed by atoms with Crippen LogP contribution in [0.25, 0.3) is 0 Å². The Kier molecular flexibility index (Phi) is 3.30. The maximum absolute atomic E-state index is 9.32. The first-order valence-electron chi connectivity index (χ1n) is 4.21. The zero-order valence-corrected chi connectivity index (χ0v) is 7.21. The molecule has 1 aliphatic heterocycles. The minimum atomic E-state index is -0.162. The van der Waals surface area contributed by atoms with Crippen LogP contribution in [0.4, 0.5) is 0 Å². The van der Waals surface area contributed by atoms with Gasteiger partial charge in [-0.3, -0.25) is 0 Å². The van der Waals surface area contributed by atoms with Crippen LogP contribution < -0.4 is 5.32 Å². The van der Waals surface area contributed by atoms with Gasteiger partial charge >= 0.3 is 0 Å². The Morgan fingerprint density at radius 2 is 2.36 bits per heavy atom. The number of aliphatic hydroxyl groups is 1. The average molecular weight is 159 g/mol. The number of rotatable bonds is 2. The first-order chi connectivity index (χ1) is 5.24. The van der Waals surface area contributed by atoms with E-state index in [1.165, 1.54) is 0 Å². The van der Waals surface area contributed by atoms with E-state index in [1.54, 1.807) is 0 Å². The van der Waals surface area contributed by atoms with E-state index in [9.17, 15) is 5.11 Å². The van der Waals surface area contributed by atoms with Crippen LogP contribution in [0.15, 0.2) is 0 Å². The van der Waals surface area contributed by atoms with Crippen molar-refractivity contribution >= 4 is 0 Å². The molecule has 0 radical (unpaired) electrons. The summed E-state index contributed by atoms with van der Waals surface area (Å²) in [4.78, 5) is 0. The van der Waals surface area contributed by atoms with Gasteiger partial charge in [-0.15, -0.1) is 0 Å². The lowest BCUT2D eigenvalue weighted by atomic mass is 10.0. The van der Waals surface area contributed by atoms with Crippen molar-refractivity contribution in [1.29, 1.82) is 0 Å². The molecule has 1 aliphatic rings. The van der Waals surface area contributed by atoms with Crippen molar-refractivity contribution in [2.45, 2.75) is 38.0 Å². The zero-order valence-electron chi connectivity index (χ0n) is 7.21. The first-order valence-corrected chi connectivity index (χ1v) is 4.21. The van der Waals surface area contributed by atoms with Gasteiger partial charge in [0, 0.05) is 19.1 Å². The normalized spacial score (nSPS) is 35.2. The Balaban J connectivity index is 2.33. The summed E-state index contributed by atoms with van der Waals surface area (Å²) < 4.78 is 5.48. The third kappa shape index (κ3) is 2.43. The second-order valence-corrected chi connectivity index (χ2v) is 3.16. The summed E-state index contributed by atoms with van der Waals surface area (Å²) in [5, 5.41) is 12.4. The predicted octanol–water partition coefficient (Wildman–Crippen LogP) is 0.134. The van der Waals surface area contributed by atoms with Crippen molar-refractivity contribution in [1.82, 2.24) is 5.32 Å². The van der Waals surface area contributed by atoms with Gasteiger partial charge in [0.1, 0.15) is 0 Å². The zero-order chi connectivity index (χ0) is 8.27. The predicted molar refractivity (Wildman–Crippen MR) is 43.5 cm³/mol. The molecule has 2 N–H and O–H groups in total. The highest BCUT2D eigenvalue weighted by Crippen LogP contribution is 2.15. The van der Waals surface area contributed by atoms with Crippen LogP contribution in [0.1, 0.15) is 19.8 Å². The maximum atomic E-state index is 9.32. The smallest absolute Gasteiger partial charge is 0.0749 e. The lowest BCUT2D eigenvalue weighted by Crippen LogP contribution is -2.42. The molecule has 1 fully saturated rings. The van der Waals surface area contributed by atoms with Gasteiger partial charge in [0.05, 0.1) is 12.2 Å². The van der Waals surface area contributed by atoms with Gasteiger partial charge in [0.2, 0.25) is 0 Å². The second kappa shape index (κ2) is 4.04. The van der Waals surface area contributed by atoms with Crippen molar-refractivity contribution in [2.24, 2.45) is 0 Å². The molecule has 1 saturated heterocycles. The van der Waals surface area contributed by atoms with Crippen LogP contribution in [0.5, 0.6) is 0 Å². The minimum Gasteiger partial charge on any atom is -0.393 e. The summed E-state index contributed by atoms with van der Waals surface area (Å²) in [5.41, 5.74) is 0. The molecule has 0 saturated carbocycles. The molecule has 0 aromatic heterocycles. The molecule has 0 bridgehead atoms. The Morgan fingerprint density at radius 3 is 2.91 bits per heavy atom. The molecular weight excluding hydrogens is 142 g/mol. The summed E-state index contributed by atoms with van der Waals surface area (Å²) >= 11 is 0. The number of nitrogens with one attached hydrogen (secondary N) is 1. The average Bonchev–Trinajstić information content (AvgIpc) is 2.03. The minimum absolute atomic E-state index is 0.162. The van der Waals surface area contributed by atoms with Crippen molar-refractivity contribution in [2.75, 3.05) is 13.7 Å². The van der Waals surface area contributed by atoms with Gasteiger partial charge in [-0.1, -0.05) is 0 Å². The first kappa shape index (κ1) is 8.97. The summed E-state index contributed by atoms with van der Waals surface area (Å²) in [7, 11) is 1.91. The van der Waals surface area contributed by atoms with Crippen LogP contribution in [-0.4, -0.2) is 37.0 Å². The van der Waals surface area contributed by atoms with Gasteiger partial charge in [0.15, 0.2) is 0 Å². The highest BCUT2D eigenvalue weighted by atomic mass is 16.5. The molecule has 3 heteroatoms. The monoisotopic (exact) mass is 159 g/mol. The largest absolute Gasteiger partial charge is 0.393 e. The maximum Gasteiger partial charge on any atom is 0.0749 e. The lowest BCUT2D eigenvalue weighted by molar-refractivity contribution is -0.0553. The van der Waals surface area contributed by atoms with Gasteiger partial charge in [-0.2, -0.15) is 0 Å². The van der Waals surface area contributed by atoms with E-state index in [2.05, 4.69) is 12.2 Å². The Bertz CT molecular complexity index is 119. The third-order valence-corrected chi connectivity index (χ3v) is 2.30. The molecule has 0 aliphatic carbocycles. The van der Waals surface area contributed by atoms with Crippen molar-refractivity contribution in [3.05, 3.63) is 0 Å². The number of likely N-dealkylation sites (N-methyl/N-ethyl adjacent to an activating group) is 1. The van der Waals surface area contributed by atoms with Gasteiger partial charge in [0.25, 0.3) is 0 Å². The van der Waals surface area contributed by atoms with Crippen molar-refractivity contribution in [3.63, 3.8) is 0 Å². The molecule has 0 aromatic carbocycles. The van der Waals surface area contributed by atoms with Crippen LogP contribution in [0.3, 0.4) is 0 Å². The lowest BCUT2D eigenvalue weighted by Gasteiger charge is -2.30. The molecular formula is C8H17NO2. The Morgan fingerprint density at radius 1 is 1.64 bits per heavy atom. The van der Waals surface area contributed by atoms with Gasteiger partial charge in [-0.05, 0) is 20.4 Å². The Labute approximate surface area is 67.7 Å². The standard InChI is InChI=1S/C8H17NO2/c1-6(9-2)8-5-7(10)3-4-11-8/h6-10H,3-5H2,1-2H3/t6-,7-,8+/m1/s1. The fraction of sp³-hybridized carbons (Fsp3) is 1.00. The van der Waals surface area contributed by atoms with E-state index < -0.39 is 0 Å². The topological polar surface area (TPSA) is 41.5 Å². The van der Waals surface area contributed by atoms with E-state index in [-0.39, 0.29) is 12.2 Å². The van der Waals surface area contributed by atoms with E-state index in [0.717, 1.165) is 12.8 Å². The summed E-state index contributed by atoms with van der Waals surface area (Å²) in [6.07, 6.45) is 1.57. The molecule has 3 nitrogen and oxygen atoms in total. The molecule has 0 unspecified atom stereocenters. The molecule has 1 heterocycles. The summed E-state index contributed by atoms with van der Waals surface area (Å²) in [6.45, 7) is 2.76. The fourth-order valence-corrected chi connectivity index (χ4v) is 1.34. The third-order valence-electron chi connectivity index (χ3n) is 2.30. The number of ether oxygens (including phenoxy) is 1. The quantitative estimate of drug-likeness (QED) is 0.602. The Hall–Kier alpha value is -0.120. The fourth-order valence-electron chi connectivity index (χ4n) is 1.34. The van der Waals surface area contributed by atoms with E-state index in [1.807, 2.05) is 7.05 Å². The van der Waals surface area contributed by atoms with Gasteiger partial charge < -0.3 is 15.2 Å². The van der Waals surface area contributed by atoms with Crippen molar-refractivity contribution < 1.29 is 9.84 Å². The molecule has 0 amide bonds. The van der Waals surface area contributed by atoms with Crippen LogP contribution in [0.2, 0.25) is 0 Å². The molecule has 3 atom stereocenters. The molecule has 11 heavy (non-hydrogen) atoms. The van der Waals surface area contributed by atoms with Gasteiger partial charge in [-0.25, -0.2) is 0 Å². The van der Waals surface area contributed by atoms with Crippen LogP contribution >= 0.6 is 0 Å². The second-order valence-electron chi connectivity index (χ2n) is 3.16.